The minimum atomic E-state index is -4.91. The van der Waals surface area contributed by atoms with Crippen LogP contribution in [0.1, 0.15) is 5.56 Å². The van der Waals surface area contributed by atoms with E-state index in [1.807, 2.05) is 0 Å². The summed E-state index contributed by atoms with van der Waals surface area (Å²) < 4.78 is 38.9. The lowest BCUT2D eigenvalue weighted by Gasteiger charge is -2.09. The average Bonchev–Trinajstić information content (AvgIpc) is 2.08. The maximum absolute atomic E-state index is 11.8. The van der Waals surface area contributed by atoms with Crippen LogP contribution in [0.15, 0.2) is 6.07 Å². The molecule has 0 fully saturated rings. The number of pyridine rings is 1. The molecule has 8 heteroatoms. The molecule has 2 N–H and O–H groups in total. The van der Waals surface area contributed by atoms with Crippen molar-refractivity contribution >= 4 is 17.4 Å². The van der Waals surface area contributed by atoms with Crippen LogP contribution in [0.4, 0.5) is 19.0 Å². The van der Waals surface area contributed by atoms with Crippen LogP contribution in [-0.4, -0.2) is 11.3 Å². The molecular formula is C7H3ClF3N3O. The first-order valence-corrected chi connectivity index (χ1v) is 3.83. The molecule has 15 heavy (non-hydrogen) atoms. The molecular weight excluding hydrogens is 235 g/mol. The van der Waals surface area contributed by atoms with Gasteiger partial charge in [-0.1, -0.05) is 11.6 Å². The quantitative estimate of drug-likeness (QED) is 0.812. The lowest BCUT2D eigenvalue weighted by atomic mass is 10.3. The number of nitriles is 1. The number of nitrogens with two attached hydrogens (primary N) is 1. The van der Waals surface area contributed by atoms with Gasteiger partial charge >= 0.3 is 6.36 Å². The van der Waals surface area contributed by atoms with Gasteiger partial charge in [-0.2, -0.15) is 10.2 Å². The number of hydrogen-bond donors (Lipinski definition) is 1. The Morgan fingerprint density at radius 2 is 2.13 bits per heavy atom. The molecule has 0 aliphatic rings. The molecule has 0 unspecified atom stereocenters. The number of ether oxygens (including phenoxy) is 1. The molecule has 0 saturated heterocycles. The van der Waals surface area contributed by atoms with E-state index in [0.717, 1.165) is 6.07 Å². The van der Waals surface area contributed by atoms with Gasteiger partial charge in [0.25, 0.3) is 0 Å². The van der Waals surface area contributed by atoms with Gasteiger partial charge in [0.05, 0.1) is 5.56 Å². The SMILES string of the molecule is N#Cc1cc(Cl)c(OC(F)(F)F)nc1N. The third-order valence-electron chi connectivity index (χ3n) is 1.31. The number of rotatable bonds is 1. The van der Waals surface area contributed by atoms with Crippen LogP contribution in [0.2, 0.25) is 5.02 Å². The first-order valence-electron chi connectivity index (χ1n) is 3.45. The van der Waals surface area contributed by atoms with Crippen molar-refractivity contribution in [3.05, 3.63) is 16.7 Å². The number of alkyl halides is 3. The van der Waals surface area contributed by atoms with Crippen molar-refractivity contribution < 1.29 is 17.9 Å². The van der Waals surface area contributed by atoms with Gasteiger partial charge in [0.2, 0.25) is 5.88 Å². The third-order valence-corrected chi connectivity index (χ3v) is 1.58. The summed E-state index contributed by atoms with van der Waals surface area (Å²) in [5.41, 5.74) is 5.06. The first-order chi connectivity index (χ1) is 6.83. The van der Waals surface area contributed by atoms with Gasteiger partial charge in [-0.15, -0.1) is 13.2 Å². The van der Waals surface area contributed by atoms with Crippen molar-refractivity contribution in [1.82, 2.24) is 4.98 Å². The molecule has 80 valence electrons. The zero-order valence-corrected chi connectivity index (χ0v) is 7.73. The van der Waals surface area contributed by atoms with E-state index in [1.54, 1.807) is 6.07 Å². The Kier molecular flexibility index (Phi) is 2.90. The number of nitrogens with zero attached hydrogens (tertiary/aromatic N) is 2. The highest BCUT2D eigenvalue weighted by Gasteiger charge is 2.33. The molecule has 0 radical (unpaired) electrons. The van der Waals surface area contributed by atoms with Crippen molar-refractivity contribution in [3.63, 3.8) is 0 Å². The normalized spacial score (nSPS) is 10.9. The number of anilines is 1. The molecule has 0 aromatic carbocycles. The Labute approximate surface area is 87.0 Å². The molecule has 0 atom stereocenters. The van der Waals surface area contributed by atoms with Crippen molar-refractivity contribution in [2.75, 3.05) is 5.73 Å². The maximum atomic E-state index is 11.8. The van der Waals surface area contributed by atoms with Crippen LogP contribution in [0.25, 0.3) is 0 Å². The van der Waals surface area contributed by atoms with Crippen LogP contribution in [-0.2, 0) is 0 Å². The van der Waals surface area contributed by atoms with E-state index in [-0.39, 0.29) is 11.4 Å². The van der Waals surface area contributed by atoms with Gasteiger partial charge in [-0.3, -0.25) is 0 Å². The predicted octanol–water partition coefficient (Wildman–Crippen LogP) is 2.09. The molecule has 0 aliphatic heterocycles. The highest BCUT2D eigenvalue weighted by molar-refractivity contribution is 6.32. The van der Waals surface area contributed by atoms with Gasteiger partial charge in [0.15, 0.2) is 0 Å². The molecule has 0 spiro atoms. The van der Waals surface area contributed by atoms with Gasteiger partial charge in [0.1, 0.15) is 16.9 Å². The van der Waals surface area contributed by atoms with Crippen LogP contribution in [0.3, 0.4) is 0 Å². The summed E-state index contributed by atoms with van der Waals surface area (Å²) in [5.74, 6) is -1.25. The largest absolute Gasteiger partial charge is 0.574 e. The fourth-order valence-corrected chi connectivity index (χ4v) is 0.946. The molecule has 0 aliphatic carbocycles. The van der Waals surface area contributed by atoms with E-state index in [4.69, 9.17) is 22.6 Å². The predicted molar refractivity (Wildman–Crippen MR) is 45.1 cm³/mol. The summed E-state index contributed by atoms with van der Waals surface area (Å²) in [4.78, 5) is 3.21. The Bertz CT molecular complexity index is 427. The standard InChI is InChI=1S/C7H3ClF3N3O/c8-4-1-3(2-12)5(13)14-6(4)15-7(9,10)11/h1H,(H2,13,14). The second-order valence-electron chi connectivity index (χ2n) is 2.37. The van der Waals surface area contributed by atoms with E-state index in [1.165, 1.54) is 0 Å². The van der Waals surface area contributed by atoms with E-state index in [0.29, 0.717) is 0 Å². The first kappa shape index (κ1) is 11.4. The van der Waals surface area contributed by atoms with Crippen molar-refractivity contribution in [2.45, 2.75) is 6.36 Å². The molecule has 1 heterocycles. The Hall–Kier alpha value is -1.68. The fourth-order valence-electron chi connectivity index (χ4n) is 0.756. The topological polar surface area (TPSA) is 71.9 Å². The van der Waals surface area contributed by atoms with Crippen LogP contribution in [0, 0.1) is 11.3 Å². The minimum absolute atomic E-state index is 0.116. The fraction of sp³-hybridized carbons (Fsp3) is 0.143. The smallest absolute Gasteiger partial charge is 0.386 e. The molecule has 0 saturated carbocycles. The molecule has 0 amide bonds. The van der Waals surface area contributed by atoms with E-state index >= 15 is 0 Å². The summed E-state index contributed by atoms with van der Waals surface area (Å²) in [6.45, 7) is 0. The third kappa shape index (κ3) is 2.89. The number of halogens is 4. The molecule has 1 aromatic rings. The second-order valence-corrected chi connectivity index (χ2v) is 2.77. The number of hydrogen-bond acceptors (Lipinski definition) is 4. The summed E-state index contributed by atoms with van der Waals surface area (Å²) in [7, 11) is 0. The highest BCUT2D eigenvalue weighted by atomic mass is 35.5. The summed E-state index contributed by atoms with van der Waals surface area (Å²) >= 11 is 5.39. The summed E-state index contributed by atoms with van der Waals surface area (Å²) in [6.07, 6.45) is -4.91. The Morgan fingerprint density at radius 3 is 2.60 bits per heavy atom. The van der Waals surface area contributed by atoms with E-state index < -0.39 is 17.3 Å². The van der Waals surface area contributed by atoms with Crippen molar-refractivity contribution in [3.8, 4) is 11.9 Å². The van der Waals surface area contributed by atoms with Gasteiger partial charge < -0.3 is 10.5 Å². The zero-order chi connectivity index (χ0) is 11.6. The Morgan fingerprint density at radius 1 is 1.53 bits per heavy atom. The van der Waals surface area contributed by atoms with Crippen LogP contribution in [0.5, 0.6) is 5.88 Å². The highest BCUT2D eigenvalue weighted by Crippen LogP contribution is 2.30. The maximum Gasteiger partial charge on any atom is 0.574 e. The average molecular weight is 238 g/mol. The van der Waals surface area contributed by atoms with Crippen molar-refractivity contribution in [1.29, 1.82) is 5.26 Å². The van der Waals surface area contributed by atoms with Crippen LogP contribution >= 0.6 is 11.6 Å². The van der Waals surface area contributed by atoms with Gasteiger partial charge in [-0.05, 0) is 6.07 Å². The minimum Gasteiger partial charge on any atom is -0.386 e. The zero-order valence-electron chi connectivity index (χ0n) is 6.97. The lowest BCUT2D eigenvalue weighted by molar-refractivity contribution is -0.276. The number of aromatic nitrogens is 1. The number of nitrogen functional groups attached to an aromatic ring is 1. The van der Waals surface area contributed by atoms with E-state index in [2.05, 4.69) is 9.72 Å². The molecule has 1 rings (SSSR count). The summed E-state index contributed by atoms with van der Waals surface area (Å²) in [5, 5.41) is 8.04. The van der Waals surface area contributed by atoms with Crippen molar-refractivity contribution in [2.24, 2.45) is 0 Å². The monoisotopic (exact) mass is 237 g/mol. The Balaban J connectivity index is 3.13. The molecule has 0 bridgehead atoms. The lowest BCUT2D eigenvalue weighted by Crippen LogP contribution is -2.18. The van der Waals surface area contributed by atoms with Gasteiger partial charge in [-0.25, -0.2) is 0 Å². The van der Waals surface area contributed by atoms with Gasteiger partial charge in [0, 0.05) is 0 Å². The van der Waals surface area contributed by atoms with Crippen LogP contribution < -0.4 is 10.5 Å². The van der Waals surface area contributed by atoms with E-state index in [9.17, 15) is 13.2 Å². The summed E-state index contributed by atoms with van der Waals surface area (Å²) in [6, 6.07) is 2.57. The second kappa shape index (κ2) is 3.82. The molecule has 1 aromatic heterocycles. The molecule has 4 nitrogen and oxygen atoms in total.